The first-order valence-electron chi connectivity index (χ1n) is 5.96. The van der Waals surface area contributed by atoms with Crippen LogP contribution in [0.4, 0.5) is 5.82 Å². The van der Waals surface area contributed by atoms with Crippen LogP contribution in [0.3, 0.4) is 0 Å². The number of nitrogens with zero attached hydrogens (tertiary/aromatic N) is 4. The van der Waals surface area contributed by atoms with Crippen molar-refractivity contribution in [3.63, 3.8) is 0 Å². The van der Waals surface area contributed by atoms with Crippen molar-refractivity contribution in [1.29, 1.82) is 0 Å². The molecule has 4 rings (SSSR count). The fourth-order valence-corrected chi connectivity index (χ4v) is 3.38. The SMILES string of the molecule is Nc1ncnc2c1ncn2C1C(O)C2C(CO)C21. The van der Waals surface area contributed by atoms with Crippen molar-refractivity contribution < 1.29 is 10.2 Å². The van der Waals surface area contributed by atoms with Crippen molar-refractivity contribution in [2.75, 3.05) is 12.3 Å². The standard InChI is InChI=1S/C11H13N5O2/c12-10-7-11(14-2-13-10)16(3-15-7)8-5-4(1-17)6(5)9(8)18/h2-6,8-9,17-18H,1H2,(H2,12,13,14). The molecule has 0 spiro atoms. The van der Waals surface area contributed by atoms with E-state index in [9.17, 15) is 10.2 Å². The summed E-state index contributed by atoms with van der Waals surface area (Å²) in [5, 5.41) is 19.3. The topological polar surface area (TPSA) is 110 Å². The molecule has 0 radical (unpaired) electrons. The van der Waals surface area contributed by atoms with E-state index in [2.05, 4.69) is 15.0 Å². The lowest BCUT2D eigenvalue weighted by Gasteiger charge is -2.32. The molecule has 4 N–H and O–H groups in total. The van der Waals surface area contributed by atoms with Gasteiger partial charge in [-0.15, -0.1) is 0 Å². The van der Waals surface area contributed by atoms with Gasteiger partial charge in [0.15, 0.2) is 11.5 Å². The minimum Gasteiger partial charge on any atom is -0.396 e. The van der Waals surface area contributed by atoms with Gasteiger partial charge in [-0.25, -0.2) is 15.0 Å². The van der Waals surface area contributed by atoms with E-state index in [0.717, 1.165) is 0 Å². The second-order valence-electron chi connectivity index (χ2n) is 5.07. The van der Waals surface area contributed by atoms with Gasteiger partial charge in [0.1, 0.15) is 11.8 Å². The fraction of sp³-hybridized carbons (Fsp3) is 0.545. The summed E-state index contributed by atoms with van der Waals surface area (Å²) in [6.45, 7) is 0.132. The Morgan fingerprint density at radius 3 is 2.83 bits per heavy atom. The predicted molar refractivity (Wildman–Crippen MR) is 62.3 cm³/mol. The molecule has 2 fully saturated rings. The maximum atomic E-state index is 10.1. The summed E-state index contributed by atoms with van der Waals surface area (Å²) in [4.78, 5) is 12.3. The molecule has 2 aliphatic rings. The summed E-state index contributed by atoms with van der Waals surface area (Å²) in [5.74, 6) is 1.12. The first-order chi connectivity index (χ1) is 8.74. The number of nitrogens with two attached hydrogens (primary N) is 1. The van der Waals surface area contributed by atoms with Gasteiger partial charge in [-0.2, -0.15) is 0 Å². The van der Waals surface area contributed by atoms with E-state index >= 15 is 0 Å². The highest BCUT2D eigenvalue weighted by Gasteiger charge is 2.69. The van der Waals surface area contributed by atoms with Crippen molar-refractivity contribution in [3.8, 4) is 0 Å². The Bertz CT molecular complexity index is 623. The van der Waals surface area contributed by atoms with Crippen molar-refractivity contribution in [3.05, 3.63) is 12.7 Å². The van der Waals surface area contributed by atoms with Gasteiger partial charge < -0.3 is 20.5 Å². The highest BCUT2D eigenvalue weighted by Crippen LogP contribution is 2.66. The molecule has 2 aliphatic carbocycles. The van der Waals surface area contributed by atoms with Gasteiger partial charge in [-0.05, 0) is 17.8 Å². The quantitative estimate of drug-likeness (QED) is 0.639. The third-order valence-electron chi connectivity index (χ3n) is 4.35. The molecule has 0 aliphatic heterocycles. The molecule has 5 atom stereocenters. The van der Waals surface area contributed by atoms with Crippen LogP contribution < -0.4 is 5.73 Å². The van der Waals surface area contributed by atoms with E-state index in [-0.39, 0.29) is 24.5 Å². The lowest BCUT2D eigenvalue weighted by molar-refractivity contribution is 0.0196. The van der Waals surface area contributed by atoms with Gasteiger partial charge in [0, 0.05) is 6.61 Å². The molecule has 5 unspecified atom stereocenters. The molecule has 2 saturated carbocycles. The predicted octanol–water partition coefficient (Wildman–Crippen LogP) is -0.821. The molecule has 0 amide bonds. The molecular weight excluding hydrogens is 234 g/mol. The van der Waals surface area contributed by atoms with Gasteiger partial charge in [-0.3, -0.25) is 0 Å². The summed E-state index contributed by atoms with van der Waals surface area (Å²) in [7, 11) is 0. The highest BCUT2D eigenvalue weighted by molar-refractivity contribution is 5.81. The van der Waals surface area contributed by atoms with Crippen molar-refractivity contribution in [2.45, 2.75) is 12.1 Å². The Hall–Kier alpha value is -1.73. The molecule has 2 heterocycles. The van der Waals surface area contributed by atoms with Crippen LogP contribution in [0.5, 0.6) is 0 Å². The van der Waals surface area contributed by atoms with Crippen molar-refractivity contribution in [1.82, 2.24) is 19.5 Å². The smallest absolute Gasteiger partial charge is 0.165 e. The average Bonchev–Trinajstić information content (AvgIpc) is 2.85. The molecule has 18 heavy (non-hydrogen) atoms. The van der Waals surface area contributed by atoms with Crippen molar-refractivity contribution >= 4 is 17.0 Å². The van der Waals surface area contributed by atoms with Crippen molar-refractivity contribution in [2.24, 2.45) is 17.8 Å². The maximum Gasteiger partial charge on any atom is 0.165 e. The van der Waals surface area contributed by atoms with E-state index in [1.54, 1.807) is 6.33 Å². The summed E-state index contributed by atoms with van der Waals surface area (Å²) < 4.78 is 1.86. The van der Waals surface area contributed by atoms with E-state index < -0.39 is 6.10 Å². The second-order valence-corrected chi connectivity index (χ2v) is 5.07. The normalized spacial score (nSPS) is 37.3. The minimum absolute atomic E-state index is 0.0496. The van der Waals surface area contributed by atoms with E-state index in [4.69, 9.17) is 5.73 Å². The lowest BCUT2D eigenvalue weighted by Crippen LogP contribution is -2.37. The number of hydrogen-bond acceptors (Lipinski definition) is 6. The van der Waals surface area contributed by atoms with Crippen LogP contribution in [-0.4, -0.2) is 42.4 Å². The average molecular weight is 247 g/mol. The van der Waals surface area contributed by atoms with E-state index in [1.165, 1.54) is 6.33 Å². The molecule has 94 valence electrons. The number of anilines is 1. The monoisotopic (exact) mass is 247 g/mol. The maximum absolute atomic E-state index is 10.1. The van der Waals surface area contributed by atoms with E-state index in [0.29, 0.717) is 22.9 Å². The third kappa shape index (κ3) is 1.04. The highest BCUT2D eigenvalue weighted by atomic mass is 16.3. The number of aliphatic hydroxyl groups excluding tert-OH is 2. The van der Waals surface area contributed by atoms with E-state index in [1.807, 2.05) is 4.57 Å². The van der Waals surface area contributed by atoms with Crippen LogP contribution in [0.1, 0.15) is 6.04 Å². The summed E-state index contributed by atoms with van der Waals surface area (Å²) in [6, 6.07) is -0.0496. The summed E-state index contributed by atoms with van der Waals surface area (Å²) in [5.41, 5.74) is 6.94. The van der Waals surface area contributed by atoms with Gasteiger partial charge in [-0.1, -0.05) is 0 Å². The first-order valence-corrected chi connectivity index (χ1v) is 5.96. The summed E-state index contributed by atoms with van der Waals surface area (Å²) >= 11 is 0. The van der Waals surface area contributed by atoms with Gasteiger partial charge >= 0.3 is 0 Å². The Labute approximate surface area is 102 Å². The Morgan fingerprint density at radius 1 is 1.28 bits per heavy atom. The molecule has 7 heteroatoms. The number of aromatic nitrogens is 4. The van der Waals surface area contributed by atoms with Crippen LogP contribution in [0.15, 0.2) is 12.7 Å². The van der Waals surface area contributed by atoms with Crippen LogP contribution in [0.25, 0.3) is 11.2 Å². The third-order valence-corrected chi connectivity index (χ3v) is 4.35. The zero-order valence-electron chi connectivity index (χ0n) is 9.51. The second kappa shape index (κ2) is 3.18. The molecule has 2 aromatic heterocycles. The van der Waals surface area contributed by atoms with Crippen LogP contribution in [0.2, 0.25) is 0 Å². The van der Waals surface area contributed by atoms with Gasteiger partial charge in [0.25, 0.3) is 0 Å². The summed E-state index contributed by atoms with van der Waals surface area (Å²) in [6.07, 6.45) is 2.61. The number of rotatable bonds is 2. The molecule has 0 saturated heterocycles. The zero-order valence-corrected chi connectivity index (χ0v) is 9.51. The number of hydrogen-bond donors (Lipinski definition) is 3. The van der Waals surface area contributed by atoms with Crippen LogP contribution in [0, 0.1) is 17.8 Å². The lowest BCUT2D eigenvalue weighted by atomic mass is 9.89. The molecule has 0 aromatic carbocycles. The molecular formula is C11H13N5O2. The molecule has 7 nitrogen and oxygen atoms in total. The Kier molecular flexibility index (Phi) is 1.80. The Morgan fingerprint density at radius 2 is 2.11 bits per heavy atom. The van der Waals surface area contributed by atoms with Crippen LogP contribution in [-0.2, 0) is 0 Å². The number of aliphatic hydroxyl groups is 2. The van der Waals surface area contributed by atoms with Gasteiger partial charge in [0.2, 0.25) is 0 Å². The number of imidazole rings is 1. The number of fused-ring (bicyclic) bond motifs is 2. The molecule has 2 aromatic rings. The van der Waals surface area contributed by atoms with Gasteiger partial charge in [0.05, 0.1) is 18.5 Å². The van der Waals surface area contributed by atoms with Crippen LogP contribution >= 0.6 is 0 Å². The number of nitrogen functional groups attached to an aromatic ring is 1. The Balaban J connectivity index is 1.78. The minimum atomic E-state index is -0.430. The fourth-order valence-electron chi connectivity index (χ4n) is 3.38. The molecule has 0 bridgehead atoms. The first kappa shape index (κ1) is 10.2. The largest absolute Gasteiger partial charge is 0.396 e. The zero-order chi connectivity index (χ0) is 12.4.